The van der Waals surface area contributed by atoms with E-state index in [9.17, 15) is 4.79 Å². The molecule has 0 fully saturated rings. The van der Waals surface area contributed by atoms with Crippen LogP contribution in [0.5, 0.6) is 0 Å². The molecule has 0 radical (unpaired) electrons. The molecule has 1 N–H and O–H groups in total. The molecular weight excluding hydrogens is 192 g/mol. The number of anilines is 1. The van der Waals surface area contributed by atoms with Gasteiger partial charge in [-0.25, -0.2) is 4.79 Å². The van der Waals surface area contributed by atoms with Crippen LogP contribution in [0.15, 0.2) is 6.07 Å². The second-order valence-electron chi connectivity index (χ2n) is 3.56. The van der Waals surface area contributed by atoms with Gasteiger partial charge in [-0.2, -0.15) is 0 Å². The summed E-state index contributed by atoms with van der Waals surface area (Å²) < 4.78 is 0. The van der Waals surface area contributed by atoms with Gasteiger partial charge in [-0.05, 0) is 26.8 Å². The van der Waals surface area contributed by atoms with E-state index in [1.165, 1.54) is 0 Å². The fraction of sp³-hybridized carbons (Fsp3) is 0.455. The van der Waals surface area contributed by atoms with Gasteiger partial charge in [0.05, 0.1) is 11.4 Å². The third kappa shape index (κ3) is 2.26. The molecule has 0 spiro atoms. The van der Waals surface area contributed by atoms with E-state index >= 15 is 0 Å². The topological polar surface area (TPSA) is 53.4 Å². The molecule has 0 saturated heterocycles. The summed E-state index contributed by atoms with van der Waals surface area (Å²) in [5.74, 6) is -0.921. The fourth-order valence-electron chi connectivity index (χ4n) is 1.54. The summed E-state index contributed by atoms with van der Waals surface area (Å²) in [6.07, 6.45) is 0. The highest BCUT2D eigenvalue weighted by atomic mass is 16.4. The van der Waals surface area contributed by atoms with Gasteiger partial charge in [0.15, 0.2) is 0 Å². The molecule has 0 amide bonds. The summed E-state index contributed by atoms with van der Waals surface area (Å²) in [7, 11) is 1.88. The third-order valence-corrected chi connectivity index (χ3v) is 2.41. The van der Waals surface area contributed by atoms with Crippen LogP contribution < -0.4 is 4.90 Å². The molecule has 1 rings (SSSR count). The van der Waals surface area contributed by atoms with Crippen LogP contribution in [-0.4, -0.2) is 29.7 Å². The number of hydrogen-bond donors (Lipinski definition) is 1. The second kappa shape index (κ2) is 4.29. The summed E-state index contributed by atoms with van der Waals surface area (Å²) in [4.78, 5) is 17.2. The quantitative estimate of drug-likeness (QED) is 0.823. The molecule has 0 aromatic carbocycles. The molecule has 4 heteroatoms. The molecular formula is C11H16N2O2. The van der Waals surface area contributed by atoms with Crippen molar-refractivity contribution in [2.75, 3.05) is 18.5 Å². The molecule has 0 unspecified atom stereocenters. The first-order valence-electron chi connectivity index (χ1n) is 4.90. The molecule has 0 atom stereocenters. The number of carbonyl (C=O) groups is 1. The first-order chi connectivity index (χ1) is 6.97. The van der Waals surface area contributed by atoms with Crippen molar-refractivity contribution in [2.45, 2.75) is 20.8 Å². The number of rotatable bonds is 3. The molecule has 1 heterocycles. The van der Waals surface area contributed by atoms with E-state index < -0.39 is 5.97 Å². The molecule has 0 aliphatic rings. The molecule has 82 valence electrons. The molecule has 0 aliphatic carbocycles. The van der Waals surface area contributed by atoms with Crippen molar-refractivity contribution in [1.82, 2.24) is 4.98 Å². The summed E-state index contributed by atoms with van der Waals surface area (Å²) >= 11 is 0. The van der Waals surface area contributed by atoms with E-state index in [0.29, 0.717) is 11.3 Å². The monoisotopic (exact) mass is 208 g/mol. The van der Waals surface area contributed by atoms with Gasteiger partial charge in [-0.3, -0.25) is 4.98 Å². The Morgan fingerprint density at radius 2 is 2.13 bits per heavy atom. The van der Waals surface area contributed by atoms with Crippen molar-refractivity contribution < 1.29 is 9.90 Å². The second-order valence-corrected chi connectivity index (χ2v) is 3.56. The Morgan fingerprint density at radius 3 is 2.60 bits per heavy atom. The predicted molar refractivity (Wildman–Crippen MR) is 59.6 cm³/mol. The zero-order valence-electron chi connectivity index (χ0n) is 9.53. The van der Waals surface area contributed by atoms with Crippen molar-refractivity contribution in [3.8, 4) is 0 Å². The van der Waals surface area contributed by atoms with Crippen LogP contribution in [0.25, 0.3) is 0 Å². The summed E-state index contributed by atoms with van der Waals surface area (Å²) in [6.45, 7) is 6.34. The lowest BCUT2D eigenvalue weighted by molar-refractivity contribution is 0.0696. The van der Waals surface area contributed by atoms with Crippen LogP contribution >= 0.6 is 0 Å². The van der Waals surface area contributed by atoms with Crippen molar-refractivity contribution >= 4 is 11.7 Å². The minimum atomic E-state index is -0.921. The Balaban J connectivity index is 3.39. The summed E-state index contributed by atoms with van der Waals surface area (Å²) in [5, 5.41) is 9.12. The van der Waals surface area contributed by atoms with Gasteiger partial charge >= 0.3 is 5.97 Å². The number of aromatic carboxylic acids is 1. The van der Waals surface area contributed by atoms with Crippen molar-refractivity contribution in [1.29, 1.82) is 0 Å². The molecule has 0 saturated carbocycles. The van der Waals surface area contributed by atoms with Gasteiger partial charge in [0.25, 0.3) is 0 Å². The van der Waals surface area contributed by atoms with Crippen LogP contribution in [-0.2, 0) is 0 Å². The standard InChI is InChI=1S/C11H16N2O2/c1-5-13(4)9-6-7(2)12-8(3)10(9)11(14)15/h6H,5H2,1-4H3,(H,14,15). The Labute approximate surface area is 89.6 Å². The van der Waals surface area contributed by atoms with Gasteiger partial charge in [0.2, 0.25) is 0 Å². The Kier molecular flexibility index (Phi) is 3.29. The first kappa shape index (κ1) is 11.5. The number of nitrogens with zero attached hydrogens (tertiary/aromatic N) is 2. The van der Waals surface area contributed by atoms with Crippen LogP contribution in [0.1, 0.15) is 28.7 Å². The van der Waals surface area contributed by atoms with E-state index in [-0.39, 0.29) is 0 Å². The fourth-order valence-corrected chi connectivity index (χ4v) is 1.54. The average molecular weight is 208 g/mol. The van der Waals surface area contributed by atoms with Gasteiger partial charge in [0, 0.05) is 19.3 Å². The number of aryl methyl sites for hydroxylation is 2. The zero-order valence-corrected chi connectivity index (χ0v) is 9.53. The molecule has 15 heavy (non-hydrogen) atoms. The van der Waals surface area contributed by atoms with E-state index in [1.807, 2.05) is 25.8 Å². The Bertz CT molecular complexity index is 388. The minimum Gasteiger partial charge on any atom is -0.478 e. The average Bonchev–Trinajstić information content (AvgIpc) is 2.14. The molecule has 1 aromatic rings. The largest absolute Gasteiger partial charge is 0.478 e. The van der Waals surface area contributed by atoms with Gasteiger partial charge < -0.3 is 10.0 Å². The maximum Gasteiger partial charge on any atom is 0.339 e. The van der Waals surface area contributed by atoms with Gasteiger partial charge in [-0.1, -0.05) is 0 Å². The summed E-state index contributed by atoms with van der Waals surface area (Å²) in [6, 6.07) is 1.81. The lowest BCUT2D eigenvalue weighted by Gasteiger charge is -2.20. The van der Waals surface area contributed by atoms with Gasteiger partial charge in [-0.15, -0.1) is 0 Å². The summed E-state index contributed by atoms with van der Waals surface area (Å²) in [5.41, 5.74) is 2.44. The van der Waals surface area contributed by atoms with E-state index in [2.05, 4.69) is 4.98 Å². The van der Waals surface area contributed by atoms with E-state index in [1.54, 1.807) is 13.0 Å². The lowest BCUT2D eigenvalue weighted by Crippen LogP contribution is -2.20. The van der Waals surface area contributed by atoms with Gasteiger partial charge in [0.1, 0.15) is 5.56 Å². The number of carboxylic acids is 1. The minimum absolute atomic E-state index is 0.296. The van der Waals surface area contributed by atoms with Crippen molar-refractivity contribution in [2.24, 2.45) is 0 Å². The maximum absolute atomic E-state index is 11.1. The Hall–Kier alpha value is -1.58. The maximum atomic E-state index is 11.1. The van der Waals surface area contributed by atoms with Crippen molar-refractivity contribution in [3.63, 3.8) is 0 Å². The first-order valence-corrected chi connectivity index (χ1v) is 4.90. The smallest absolute Gasteiger partial charge is 0.339 e. The number of aromatic nitrogens is 1. The molecule has 0 aliphatic heterocycles. The van der Waals surface area contributed by atoms with Crippen LogP contribution in [0.2, 0.25) is 0 Å². The number of carboxylic acid groups (broad SMARTS) is 1. The van der Waals surface area contributed by atoms with Crippen molar-refractivity contribution in [3.05, 3.63) is 23.0 Å². The van der Waals surface area contributed by atoms with Crippen LogP contribution in [0.4, 0.5) is 5.69 Å². The van der Waals surface area contributed by atoms with E-state index in [4.69, 9.17) is 5.11 Å². The predicted octanol–water partition coefficient (Wildman–Crippen LogP) is 1.85. The highest BCUT2D eigenvalue weighted by Gasteiger charge is 2.17. The van der Waals surface area contributed by atoms with E-state index in [0.717, 1.165) is 17.9 Å². The zero-order chi connectivity index (χ0) is 11.6. The highest BCUT2D eigenvalue weighted by molar-refractivity contribution is 5.95. The SMILES string of the molecule is CCN(C)c1cc(C)nc(C)c1C(=O)O. The normalized spacial score (nSPS) is 10.1. The highest BCUT2D eigenvalue weighted by Crippen LogP contribution is 2.22. The molecule has 4 nitrogen and oxygen atoms in total. The van der Waals surface area contributed by atoms with Crippen LogP contribution in [0, 0.1) is 13.8 Å². The van der Waals surface area contributed by atoms with Crippen LogP contribution in [0.3, 0.4) is 0 Å². The third-order valence-electron chi connectivity index (χ3n) is 2.41. The molecule has 0 bridgehead atoms. The molecule has 1 aromatic heterocycles. The number of pyridine rings is 1. The Morgan fingerprint density at radius 1 is 1.53 bits per heavy atom. The lowest BCUT2D eigenvalue weighted by atomic mass is 10.1. The number of hydrogen-bond acceptors (Lipinski definition) is 3.